The molecule has 1 fully saturated rings. The Kier molecular flexibility index (Phi) is 3.72. The number of carbonyl (C=O) groups excluding carboxylic acids is 1. The summed E-state index contributed by atoms with van der Waals surface area (Å²) < 4.78 is 5.31. The second kappa shape index (κ2) is 5.65. The number of aromatic nitrogens is 1. The van der Waals surface area contributed by atoms with Gasteiger partial charge in [0.05, 0.1) is 5.69 Å². The van der Waals surface area contributed by atoms with E-state index in [-0.39, 0.29) is 5.91 Å². The summed E-state index contributed by atoms with van der Waals surface area (Å²) in [4.78, 5) is 11.8. The van der Waals surface area contributed by atoms with E-state index in [1.54, 1.807) is 0 Å². The summed E-state index contributed by atoms with van der Waals surface area (Å²) in [5.74, 6) is 0.123. The van der Waals surface area contributed by atoms with Crippen molar-refractivity contribution in [1.82, 2.24) is 10.5 Å². The van der Waals surface area contributed by atoms with Gasteiger partial charge in [0, 0.05) is 24.3 Å². The van der Waals surface area contributed by atoms with Crippen LogP contribution >= 0.6 is 0 Å². The van der Waals surface area contributed by atoms with Crippen molar-refractivity contribution in [3.05, 3.63) is 29.5 Å². The summed E-state index contributed by atoms with van der Waals surface area (Å²) in [7, 11) is 0. The second-order valence-corrected chi connectivity index (χ2v) is 5.51. The third kappa shape index (κ3) is 2.69. The number of fused-ring (bicyclic) bond motifs is 1. The van der Waals surface area contributed by atoms with E-state index >= 15 is 0 Å². The largest absolute Gasteiger partial charge is 0.356 e. The monoisotopic (exact) mass is 272 g/mol. The van der Waals surface area contributed by atoms with Crippen LogP contribution in [0.4, 0.5) is 0 Å². The van der Waals surface area contributed by atoms with E-state index in [1.807, 2.05) is 6.07 Å². The first-order chi connectivity index (χ1) is 9.76. The Morgan fingerprint density at radius 3 is 3.00 bits per heavy atom. The van der Waals surface area contributed by atoms with Crippen LogP contribution in [0.1, 0.15) is 43.9 Å². The van der Waals surface area contributed by atoms with Gasteiger partial charge in [-0.2, -0.15) is 0 Å². The maximum atomic E-state index is 11.8. The standard InChI is InChI=1S/C16H20N2O2/c1-2-11-6-8-15-13(10-11)14(18-20-15)7-9-16(19)17-12-4-3-5-12/h6,8,10,12H,2-5,7,9H2,1H3,(H,17,19). The molecule has 0 radical (unpaired) electrons. The third-order valence-electron chi connectivity index (χ3n) is 4.08. The highest BCUT2D eigenvalue weighted by Crippen LogP contribution is 2.22. The number of hydrogen-bond donors (Lipinski definition) is 1. The predicted molar refractivity (Wildman–Crippen MR) is 77.5 cm³/mol. The lowest BCUT2D eigenvalue weighted by Crippen LogP contribution is -2.39. The molecule has 0 spiro atoms. The highest BCUT2D eigenvalue weighted by Gasteiger charge is 2.19. The molecule has 2 aromatic rings. The van der Waals surface area contributed by atoms with Crippen LogP contribution in [0.5, 0.6) is 0 Å². The number of aryl methyl sites for hydroxylation is 2. The van der Waals surface area contributed by atoms with E-state index in [9.17, 15) is 4.79 Å². The van der Waals surface area contributed by atoms with Crippen molar-refractivity contribution in [3.63, 3.8) is 0 Å². The molecule has 1 N–H and O–H groups in total. The van der Waals surface area contributed by atoms with E-state index in [1.165, 1.54) is 12.0 Å². The van der Waals surface area contributed by atoms with Crippen LogP contribution in [0, 0.1) is 0 Å². The van der Waals surface area contributed by atoms with Gasteiger partial charge in [-0.3, -0.25) is 4.79 Å². The molecule has 0 unspecified atom stereocenters. The zero-order valence-corrected chi connectivity index (χ0v) is 11.8. The molecule has 1 aliphatic rings. The SMILES string of the molecule is CCc1ccc2onc(CCC(=O)NC3CCC3)c2c1. The third-order valence-corrected chi connectivity index (χ3v) is 4.08. The van der Waals surface area contributed by atoms with Gasteiger partial charge in [-0.05, 0) is 43.4 Å². The number of rotatable bonds is 5. The zero-order valence-electron chi connectivity index (χ0n) is 11.8. The lowest BCUT2D eigenvalue weighted by molar-refractivity contribution is -0.122. The van der Waals surface area contributed by atoms with Crippen molar-refractivity contribution in [3.8, 4) is 0 Å². The van der Waals surface area contributed by atoms with Crippen LogP contribution in [-0.4, -0.2) is 17.1 Å². The molecule has 0 aliphatic heterocycles. The minimum atomic E-state index is 0.123. The summed E-state index contributed by atoms with van der Waals surface area (Å²) in [6.45, 7) is 2.13. The molecular formula is C16H20N2O2. The molecule has 1 heterocycles. The molecule has 4 heteroatoms. The first-order valence-electron chi connectivity index (χ1n) is 7.43. The molecule has 3 rings (SSSR count). The van der Waals surface area contributed by atoms with Crippen molar-refractivity contribution >= 4 is 16.9 Å². The summed E-state index contributed by atoms with van der Waals surface area (Å²) in [6, 6.07) is 6.54. The van der Waals surface area contributed by atoms with Crippen molar-refractivity contribution in [2.45, 2.75) is 51.5 Å². The molecule has 1 amide bonds. The Bertz CT molecular complexity index is 614. The van der Waals surface area contributed by atoms with Gasteiger partial charge < -0.3 is 9.84 Å². The fraction of sp³-hybridized carbons (Fsp3) is 0.500. The molecule has 0 bridgehead atoms. The van der Waals surface area contributed by atoms with Gasteiger partial charge in [0.15, 0.2) is 5.58 Å². The minimum absolute atomic E-state index is 0.123. The molecule has 4 nitrogen and oxygen atoms in total. The van der Waals surface area contributed by atoms with E-state index < -0.39 is 0 Å². The van der Waals surface area contributed by atoms with Crippen LogP contribution in [-0.2, 0) is 17.6 Å². The Morgan fingerprint density at radius 2 is 2.30 bits per heavy atom. The Hall–Kier alpha value is -1.84. The second-order valence-electron chi connectivity index (χ2n) is 5.51. The van der Waals surface area contributed by atoms with Gasteiger partial charge >= 0.3 is 0 Å². The number of nitrogens with one attached hydrogen (secondary N) is 1. The topological polar surface area (TPSA) is 55.1 Å². The van der Waals surface area contributed by atoms with Crippen molar-refractivity contribution in [2.75, 3.05) is 0 Å². The average molecular weight is 272 g/mol. The highest BCUT2D eigenvalue weighted by molar-refractivity contribution is 5.81. The molecule has 0 saturated heterocycles. The fourth-order valence-electron chi connectivity index (χ4n) is 2.52. The molecule has 1 aromatic carbocycles. The fourth-order valence-corrected chi connectivity index (χ4v) is 2.52. The molecule has 106 valence electrons. The molecule has 20 heavy (non-hydrogen) atoms. The van der Waals surface area contributed by atoms with Gasteiger partial charge in [-0.25, -0.2) is 0 Å². The Balaban J connectivity index is 1.65. The normalized spacial score (nSPS) is 15.2. The maximum absolute atomic E-state index is 11.8. The summed E-state index contributed by atoms with van der Waals surface area (Å²) in [5, 5.41) is 8.20. The van der Waals surface area contributed by atoms with Gasteiger partial charge in [-0.15, -0.1) is 0 Å². The highest BCUT2D eigenvalue weighted by atomic mass is 16.5. The van der Waals surface area contributed by atoms with Gasteiger partial charge in [0.25, 0.3) is 0 Å². The van der Waals surface area contributed by atoms with E-state index in [2.05, 4.69) is 29.5 Å². The number of nitrogens with zero attached hydrogens (tertiary/aromatic N) is 1. The summed E-state index contributed by atoms with van der Waals surface area (Å²) >= 11 is 0. The Morgan fingerprint density at radius 1 is 1.45 bits per heavy atom. The van der Waals surface area contributed by atoms with E-state index in [0.717, 1.165) is 35.9 Å². The van der Waals surface area contributed by atoms with Gasteiger partial charge in [-0.1, -0.05) is 18.1 Å². The molecule has 1 aromatic heterocycles. The number of carbonyl (C=O) groups is 1. The van der Waals surface area contributed by atoms with Crippen LogP contribution in [0.2, 0.25) is 0 Å². The zero-order chi connectivity index (χ0) is 13.9. The van der Waals surface area contributed by atoms with E-state index in [0.29, 0.717) is 18.9 Å². The van der Waals surface area contributed by atoms with Crippen LogP contribution in [0.15, 0.2) is 22.7 Å². The average Bonchev–Trinajstić information content (AvgIpc) is 2.82. The number of hydrogen-bond acceptors (Lipinski definition) is 3. The molecule has 1 aliphatic carbocycles. The molecule has 0 atom stereocenters. The van der Waals surface area contributed by atoms with Crippen LogP contribution < -0.4 is 5.32 Å². The minimum Gasteiger partial charge on any atom is -0.356 e. The predicted octanol–water partition coefficient (Wildman–Crippen LogP) is 2.99. The quantitative estimate of drug-likeness (QED) is 0.910. The lowest BCUT2D eigenvalue weighted by atomic mass is 9.93. The van der Waals surface area contributed by atoms with Crippen molar-refractivity contribution in [1.29, 1.82) is 0 Å². The smallest absolute Gasteiger partial charge is 0.220 e. The van der Waals surface area contributed by atoms with Crippen LogP contribution in [0.3, 0.4) is 0 Å². The van der Waals surface area contributed by atoms with Crippen molar-refractivity contribution < 1.29 is 9.32 Å². The molecule has 1 saturated carbocycles. The van der Waals surface area contributed by atoms with Crippen molar-refractivity contribution in [2.24, 2.45) is 0 Å². The summed E-state index contributed by atoms with van der Waals surface area (Å²) in [5.41, 5.74) is 2.96. The van der Waals surface area contributed by atoms with Crippen LogP contribution in [0.25, 0.3) is 11.0 Å². The summed E-state index contributed by atoms with van der Waals surface area (Å²) in [6.07, 6.45) is 5.59. The van der Waals surface area contributed by atoms with E-state index in [4.69, 9.17) is 4.52 Å². The first kappa shape index (κ1) is 13.2. The van der Waals surface area contributed by atoms with Gasteiger partial charge in [0.1, 0.15) is 0 Å². The Labute approximate surface area is 118 Å². The first-order valence-corrected chi connectivity index (χ1v) is 7.43. The number of benzene rings is 1. The maximum Gasteiger partial charge on any atom is 0.220 e. The molecular weight excluding hydrogens is 252 g/mol. The van der Waals surface area contributed by atoms with Gasteiger partial charge in [0.2, 0.25) is 5.91 Å². The lowest BCUT2D eigenvalue weighted by Gasteiger charge is -2.26. The number of amides is 1.